The Hall–Kier alpha value is -0.990. The van der Waals surface area contributed by atoms with Gasteiger partial charge >= 0.3 is 0 Å². The van der Waals surface area contributed by atoms with Gasteiger partial charge in [0.15, 0.2) is 0 Å². The second-order valence-corrected chi connectivity index (χ2v) is 2.02. The summed E-state index contributed by atoms with van der Waals surface area (Å²) in [6, 6.07) is 0. The Morgan fingerprint density at radius 1 is 1.50 bits per heavy atom. The lowest BCUT2D eigenvalue weighted by molar-refractivity contribution is 0.808. The molecule has 0 aliphatic carbocycles. The second-order valence-electron chi connectivity index (χ2n) is 2.02. The first-order valence-electron chi connectivity index (χ1n) is 4.49. The highest BCUT2D eigenvalue weighted by molar-refractivity contribution is 5.91. The molecule has 0 aliphatic heterocycles. The molecule has 3 heteroatoms. The summed E-state index contributed by atoms with van der Waals surface area (Å²) in [7, 11) is 0. The number of unbranched alkanes of at least 4 members (excludes halogenated alkanes) is 1. The van der Waals surface area contributed by atoms with Crippen molar-refractivity contribution in [3.05, 3.63) is 12.3 Å². The van der Waals surface area contributed by atoms with Crippen molar-refractivity contribution in [1.82, 2.24) is 0 Å². The molecule has 0 rings (SSSR count). The summed E-state index contributed by atoms with van der Waals surface area (Å²) in [4.78, 5) is 4.03. The van der Waals surface area contributed by atoms with Crippen LogP contribution in [0, 0.1) is 0 Å². The van der Waals surface area contributed by atoms with Crippen molar-refractivity contribution in [2.75, 3.05) is 6.54 Å². The molecule has 0 spiro atoms. The van der Waals surface area contributed by atoms with Crippen LogP contribution in [-0.2, 0) is 0 Å². The van der Waals surface area contributed by atoms with Crippen LogP contribution in [0.3, 0.4) is 0 Å². The largest absolute Gasteiger partial charge is 0.404 e. The molecule has 3 nitrogen and oxygen atoms in total. The highest BCUT2D eigenvalue weighted by atomic mass is 14.8. The van der Waals surface area contributed by atoms with Gasteiger partial charge < -0.3 is 11.5 Å². The van der Waals surface area contributed by atoms with Gasteiger partial charge in [0.25, 0.3) is 0 Å². The van der Waals surface area contributed by atoms with Crippen LogP contribution in [0.4, 0.5) is 0 Å². The van der Waals surface area contributed by atoms with E-state index in [4.69, 9.17) is 11.5 Å². The number of nitrogens with two attached hydrogens (primary N) is 2. The number of nitrogens with zero attached hydrogens (tertiary/aromatic N) is 1. The standard InChI is InChI=1S/C7H15N3.C2H6.H2/c1-2-3-6-10-7(9)4-5-8;1-2;/h4-5H,2-3,6,8H2,1H3,(H2,9,10);1-2H3;1H/b5-4-;;. The van der Waals surface area contributed by atoms with Crippen LogP contribution in [0.25, 0.3) is 0 Å². The zero-order valence-corrected chi connectivity index (χ0v) is 8.38. The summed E-state index contributed by atoms with van der Waals surface area (Å²) >= 11 is 0. The molecule has 0 aromatic carbocycles. The third-order valence-corrected chi connectivity index (χ3v) is 1.07. The molecule has 0 fully saturated rings. The van der Waals surface area contributed by atoms with Crippen molar-refractivity contribution < 1.29 is 1.43 Å². The molecule has 0 heterocycles. The fourth-order valence-electron chi connectivity index (χ4n) is 0.518. The Labute approximate surface area is 77.0 Å². The molecule has 0 saturated heterocycles. The van der Waals surface area contributed by atoms with E-state index in [-0.39, 0.29) is 1.43 Å². The summed E-state index contributed by atoms with van der Waals surface area (Å²) in [6.45, 7) is 6.91. The van der Waals surface area contributed by atoms with Crippen LogP contribution in [0.1, 0.15) is 35.0 Å². The molecular formula is C9H23N3. The molecule has 0 aromatic rings. The summed E-state index contributed by atoms with van der Waals surface area (Å²) in [5.41, 5.74) is 10.5. The lowest BCUT2D eigenvalue weighted by Crippen LogP contribution is -2.09. The lowest BCUT2D eigenvalue weighted by atomic mass is 10.3. The highest BCUT2D eigenvalue weighted by Gasteiger charge is 1.82. The molecule has 0 amide bonds. The van der Waals surface area contributed by atoms with Crippen molar-refractivity contribution in [1.29, 1.82) is 0 Å². The van der Waals surface area contributed by atoms with Crippen molar-refractivity contribution in [2.45, 2.75) is 33.6 Å². The van der Waals surface area contributed by atoms with Crippen molar-refractivity contribution in [2.24, 2.45) is 16.5 Å². The van der Waals surface area contributed by atoms with E-state index in [1.165, 1.54) is 6.20 Å². The Balaban J connectivity index is -0.000000309. The van der Waals surface area contributed by atoms with Crippen LogP contribution < -0.4 is 11.5 Å². The SMILES string of the molecule is CC.CCCCN=C(N)/C=C\N.[HH]. The van der Waals surface area contributed by atoms with Gasteiger partial charge in [0.05, 0.1) is 0 Å². The van der Waals surface area contributed by atoms with Crippen molar-refractivity contribution in [3.63, 3.8) is 0 Å². The maximum Gasteiger partial charge on any atom is 0.119 e. The van der Waals surface area contributed by atoms with Gasteiger partial charge in [0.2, 0.25) is 0 Å². The van der Waals surface area contributed by atoms with Gasteiger partial charge in [-0.25, -0.2) is 0 Å². The van der Waals surface area contributed by atoms with Gasteiger partial charge in [-0.3, -0.25) is 4.99 Å². The molecular weight excluding hydrogens is 150 g/mol. The molecule has 0 aliphatic rings. The topological polar surface area (TPSA) is 64.4 Å². The fraction of sp³-hybridized carbons (Fsp3) is 0.667. The molecule has 0 unspecified atom stereocenters. The molecule has 0 atom stereocenters. The first kappa shape index (κ1) is 13.6. The number of hydrogen-bond donors (Lipinski definition) is 2. The van der Waals surface area contributed by atoms with Gasteiger partial charge in [-0.05, 0) is 18.7 Å². The van der Waals surface area contributed by atoms with Crippen LogP contribution in [0.5, 0.6) is 0 Å². The van der Waals surface area contributed by atoms with E-state index in [1.807, 2.05) is 13.8 Å². The minimum atomic E-state index is 0. The summed E-state index contributed by atoms with van der Waals surface area (Å²) in [6.07, 6.45) is 5.21. The average molecular weight is 173 g/mol. The molecule has 74 valence electrons. The summed E-state index contributed by atoms with van der Waals surface area (Å²) in [5.74, 6) is 0.510. The number of hydrogen-bond acceptors (Lipinski definition) is 2. The zero-order valence-electron chi connectivity index (χ0n) is 8.38. The molecule has 0 radical (unpaired) electrons. The van der Waals surface area contributed by atoms with E-state index in [0.717, 1.165) is 19.4 Å². The Bertz CT molecular complexity index is 133. The Morgan fingerprint density at radius 2 is 2.08 bits per heavy atom. The van der Waals surface area contributed by atoms with Crippen LogP contribution >= 0.6 is 0 Å². The van der Waals surface area contributed by atoms with Gasteiger partial charge in [0.1, 0.15) is 5.84 Å². The second kappa shape index (κ2) is 12.7. The lowest BCUT2D eigenvalue weighted by Gasteiger charge is -1.91. The first-order valence-corrected chi connectivity index (χ1v) is 4.49. The quantitative estimate of drug-likeness (QED) is 0.387. The summed E-state index contributed by atoms with van der Waals surface area (Å²) < 4.78 is 0. The predicted molar refractivity (Wildman–Crippen MR) is 58.2 cm³/mol. The molecule has 4 N–H and O–H groups in total. The molecule has 0 bridgehead atoms. The van der Waals surface area contributed by atoms with Gasteiger partial charge in [-0.15, -0.1) is 0 Å². The maximum atomic E-state index is 5.41. The van der Waals surface area contributed by atoms with Gasteiger partial charge in [-0.2, -0.15) is 0 Å². The Morgan fingerprint density at radius 3 is 2.50 bits per heavy atom. The zero-order chi connectivity index (χ0) is 9.82. The highest BCUT2D eigenvalue weighted by Crippen LogP contribution is 1.86. The van der Waals surface area contributed by atoms with Crippen molar-refractivity contribution >= 4 is 5.84 Å². The monoisotopic (exact) mass is 173 g/mol. The number of rotatable bonds is 4. The van der Waals surface area contributed by atoms with Crippen LogP contribution in [0.2, 0.25) is 0 Å². The third-order valence-electron chi connectivity index (χ3n) is 1.07. The molecule has 0 saturated carbocycles. The van der Waals surface area contributed by atoms with Crippen LogP contribution in [-0.4, -0.2) is 12.4 Å². The number of aliphatic imine (C=N–C) groups is 1. The minimum absolute atomic E-state index is 0. The van der Waals surface area contributed by atoms with E-state index in [1.54, 1.807) is 6.08 Å². The molecule has 0 aromatic heterocycles. The van der Waals surface area contributed by atoms with E-state index < -0.39 is 0 Å². The van der Waals surface area contributed by atoms with E-state index in [2.05, 4.69) is 11.9 Å². The van der Waals surface area contributed by atoms with Gasteiger partial charge in [-0.1, -0.05) is 27.2 Å². The maximum absolute atomic E-state index is 5.41. The predicted octanol–water partition coefficient (Wildman–Crippen LogP) is 1.89. The van der Waals surface area contributed by atoms with E-state index >= 15 is 0 Å². The van der Waals surface area contributed by atoms with E-state index in [0.29, 0.717) is 5.84 Å². The smallest absolute Gasteiger partial charge is 0.119 e. The first-order chi connectivity index (χ1) is 5.81. The summed E-state index contributed by atoms with van der Waals surface area (Å²) in [5, 5.41) is 0. The van der Waals surface area contributed by atoms with Crippen molar-refractivity contribution in [3.8, 4) is 0 Å². The van der Waals surface area contributed by atoms with E-state index in [9.17, 15) is 0 Å². The average Bonchev–Trinajstić information content (AvgIpc) is 2.09. The van der Waals surface area contributed by atoms with Gasteiger partial charge in [0, 0.05) is 7.97 Å². The van der Waals surface area contributed by atoms with Crippen LogP contribution in [0.15, 0.2) is 17.3 Å². The minimum Gasteiger partial charge on any atom is -0.404 e. The molecule has 12 heavy (non-hydrogen) atoms. The third kappa shape index (κ3) is 11.8. The number of amidine groups is 1. The normalized spacial score (nSPS) is 11.1. The Kier molecular flexibility index (Phi) is 14.3. The fourth-order valence-corrected chi connectivity index (χ4v) is 0.518.